The maximum absolute atomic E-state index is 14.2. The van der Waals surface area contributed by atoms with Gasteiger partial charge >= 0.3 is 0 Å². The first kappa shape index (κ1) is 32.7. The number of aromatic nitrogens is 1. The number of nitrogens with zero attached hydrogens (tertiary/aromatic N) is 3. The molecule has 1 aromatic heterocycles. The van der Waals surface area contributed by atoms with Crippen LogP contribution in [0.4, 0.5) is 25.8 Å². The number of piperidine rings is 2. The van der Waals surface area contributed by atoms with E-state index in [2.05, 4.69) is 14.6 Å². The van der Waals surface area contributed by atoms with Crippen molar-refractivity contribution in [3.8, 4) is 11.1 Å². The molecule has 248 valence electrons. The van der Waals surface area contributed by atoms with Crippen LogP contribution in [0, 0.1) is 5.41 Å². The van der Waals surface area contributed by atoms with Crippen molar-refractivity contribution in [2.75, 3.05) is 66.4 Å². The number of halogens is 2. The summed E-state index contributed by atoms with van der Waals surface area (Å²) in [5.74, 6) is -3.99. The predicted octanol–water partition coefficient (Wildman–Crippen LogP) is 4.60. The topological polar surface area (TPSA) is 146 Å². The summed E-state index contributed by atoms with van der Waals surface area (Å²) < 4.78 is 70.3. The minimum atomic E-state index is -3.99. The molecule has 46 heavy (non-hydrogen) atoms. The highest BCUT2D eigenvalue weighted by Gasteiger charge is 2.45. The molecule has 0 radical (unpaired) electrons. The fourth-order valence-electron chi connectivity index (χ4n) is 6.69. The largest absolute Gasteiger partial charge is 0.395 e. The van der Waals surface area contributed by atoms with Crippen LogP contribution in [0.2, 0.25) is 0 Å². The molecule has 3 heterocycles. The van der Waals surface area contributed by atoms with Gasteiger partial charge in [0.05, 0.1) is 40.5 Å². The number of hydrogen-bond acceptors (Lipinski definition) is 8. The standard InChI is InChI=1S/C32H40F2N5O5PS/c1-45(2,42)23-18-22-17-21(19-26(28(22)36-20-23)38-13-9-32(33,34)10-14-38)27-25(37-46(43,44)16-15-40)4-3-24(30(35)41)29(27)39-11-7-31(5-6-31)8-12-39/h3-4,17-20,37,40H,5-16H2,1-2H3,(H2,35,41). The van der Waals surface area contributed by atoms with Gasteiger partial charge in [-0.3, -0.25) is 14.5 Å². The normalized spacial score (nSPS) is 19.4. The average molecular weight is 676 g/mol. The number of nitrogens with two attached hydrogens (primary N) is 1. The quantitative estimate of drug-likeness (QED) is 0.279. The van der Waals surface area contributed by atoms with E-state index in [4.69, 9.17) is 5.73 Å². The molecule has 2 saturated heterocycles. The van der Waals surface area contributed by atoms with Gasteiger partial charge in [0.15, 0.2) is 0 Å². The average Bonchev–Trinajstić information content (AvgIpc) is 3.74. The van der Waals surface area contributed by atoms with Crippen molar-refractivity contribution in [2.45, 2.75) is 44.4 Å². The van der Waals surface area contributed by atoms with Crippen LogP contribution >= 0.6 is 7.14 Å². The van der Waals surface area contributed by atoms with Gasteiger partial charge < -0.3 is 25.2 Å². The molecular weight excluding hydrogens is 635 g/mol. The Bertz CT molecular complexity index is 1840. The van der Waals surface area contributed by atoms with Crippen LogP contribution in [0.3, 0.4) is 0 Å². The second kappa shape index (κ2) is 11.8. The van der Waals surface area contributed by atoms with E-state index >= 15 is 0 Å². The van der Waals surface area contributed by atoms with Crippen molar-refractivity contribution in [1.29, 1.82) is 0 Å². The van der Waals surface area contributed by atoms with E-state index in [1.54, 1.807) is 31.7 Å². The minimum absolute atomic E-state index is 0.0768. The highest BCUT2D eigenvalue weighted by atomic mass is 32.2. The number of carbonyl (C=O) groups is 1. The maximum atomic E-state index is 14.2. The van der Waals surface area contributed by atoms with E-state index in [-0.39, 0.29) is 37.2 Å². The Labute approximate surface area is 267 Å². The van der Waals surface area contributed by atoms with Gasteiger partial charge in [-0.1, -0.05) is 0 Å². The Morgan fingerprint density at radius 3 is 2.26 bits per heavy atom. The molecule has 1 saturated carbocycles. The lowest BCUT2D eigenvalue weighted by atomic mass is 9.90. The van der Waals surface area contributed by atoms with Gasteiger partial charge in [-0.05, 0) is 80.3 Å². The number of aliphatic hydroxyl groups excluding tert-OH is 1. The number of hydrogen-bond donors (Lipinski definition) is 3. The van der Waals surface area contributed by atoms with Crippen molar-refractivity contribution < 1.29 is 31.7 Å². The lowest BCUT2D eigenvalue weighted by molar-refractivity contribution is -0.0220. The minimum Gasteiger partial charge on any atom is -0.395 e. The molecule has 2 aromatic carbocycles. The number of nitrogens with one attached hydrogen (secondary N) is 1. The fourth-order valence-corrected chi connectivity index (χ4v) is 8.32. The molecule has 2 aliphatic heterocycles. The Kier molecular flexibility index (Phi) is 8.34. The number of carbonyl (C=O) groups excluding carboxylic acids is 1. The number of amides is 1. The first-order valence-corrected chi connectivity index (χ1v) is 19.8. The number of pyridine rings is 1. The molecule has 3 aromatic rings. The molecule has 14 heteroatoms. The number of primary amides is 1. The highest BCUT2D eigenvalue weighted by Crippen LogP contribution is 2.55. The third-order valence-electron chi connectivity index (χ3n) is 9.66. The van der Waals surface area contributed by atoms with Crippen LogP contribution in [0.1, 0.15) is 48.9 Å². The number of rotatable bonds is 9. The molecule has 1 amide bonds. The van der Waals surface area contributed by atoms with Gasteiger partial charge in [0.1, 0.15) is 7.14 Å². The van der Waals surface area contributed by atoms with Gasteiger partial charge in [-0.25, -0.2) is 17.2 Å². The van der Waals surface area contributed by atoms with Crippen LogP contribution < -0.4 is 25.6 Å². The zero-order valence-electron chi connectivity index (χ0n) is 26.1. The van der Waals surface area contributed by atoms with Crippen molar-refractivity contribution in [3.05, 3.63) is 42.1 Å². The Morgan fingerprint density at radius 1 is 1.02 bits per heavy atom. The van der Waals surface area contributed by atoms with E-state index in [1.807, 2.05) is 11.0 Å². The molecule has 0 unspecified atom stereocenters. The van der Waals surface area contributed by atoms with E-state index < -0.39 is 41.4 Å². The van der Waals surface area contributed by atoms with E-state index in [1.165, 1.54) is 12.1 Å². The lowest BCUT2D eigenvalue weighted by Gasteiger charge is -2.37. The summed E-state index contributed by atoms with van der Waals surface area (Å²) in [6, 6.07) is 8.39. The highest BCUT2D eigenvalue weighted by molar-refractivity contribution is 7.92. The first-order chi connectivity index (χ1) is 21.6. The predicted molar refractivity (Wildman–Crippen MR) is 179 cm³/mol. The number of benzene rings is 2. The molecule has 3 aliphatic rings. The van der Waals surface area contributed by atoms with Gasteiger partial charge in [-0.15, -0.1) is 0 Å². The summed E-state index contributed by atoms with van der Waals surface area (Å²) >= 11 is 0. The Balaban J connectivity index is 1.61. The van der Waals surface area contributed by atoms with Crippen LogP contribution in [0.15, 0.2) is 36.5 Å². The number of alkyl halides is 2. The number of sulfonamides is 1. The fraction of sp³-hybridized carbons (Fsp3) is 0.500. The zero-order valence-corrected chi connectivity index (χ0v) is 27.8. The second-order valence-electron chi connectivity index (χ2n) is 13.3. The lowest BCUT2D eigenvalue weighted by Crippen LogP contribution is -2.39. The van der Waals surface area contributed by atoms with Gasteiger partial charge in [0, 0.05) is 61.5 Å². The second-order valence-corrected chi connectivity index (χ2v) is 18.4. The Morgan fingerprint density at radius 2 is 1.67 bits per heavy atom. The van der Waals surface area contributed by atoms with Crippen LogP contribution in [-0.2, 0) is 14.6 Å². The van der Waals surface area contributed by atoms with Crippen molar-refractivity contribution in [2.24, 2.45) is 11.1 Å². The zero-order chi connectivity index (χ0) is 33.1. The molecule has 3 fully saturated rings. The summed E-state index contributed by atoms with van der Waals surface area (Å²) in [5.41, 5.74) is 9.20. The molecule has 1 spiro atoms. The van der Waals surface area contributed by atoms with Crippen molar-refractivity contribution in [3.63, 3.8) is 0 Å². The maximum Gasteiger partial charge on any atom is 0.251 e. The number of aliphatic hydroxyl groups is 1. The number of fused-ring (bicyclic) bond motifs is 1. The van der Waals surface area contributed by atoms with Crippen LogP contribution in [0.5, 0.6) is 0 Å². The third-order valence-corrected chi connectivity index (χ3v) is 12.4. The molecule has 0 bridgehead atoms. The first-order valence-electron chi connectivity index (χ1n) is 15.6. The van der Waals surface area contributed by atoms with Gasteiger partial charge in [0.25, 0.3) is 11.8 Å². The molecule has 6 rings (SSSR count). The van der Waals surface area contributed by atoms with Gasteiger partial charge in [-0.2, -0.15) is 0 Å². The van der Waals surface area contributed by atoms with Crippen LogP contribution in [-0.4, -0.2) is 82.2 Å². The summed E-state index contributed by atoms with van der Waals surface area (Å²) in [6.07, 6.45) is 5.06. The molecule has 10 nitrogen and oxygen atoms in total. The smallest absolute Gasteiger partial charge is 0.251 e. The monoisotopic (exact) mass is 675 g/mol. The Hall–Kier alpha value is -3.28. The van der Waals surface area contributed by atoms with E-state index in [0.29, 0.717) is 57.2 Å². The van der Waals surface area contributed by atoms with Crippen LogP contribution in [0.25, 0.3) is 22.0 Å². The molecular formula is C32H40F2N5O5PS. The molecule has 1 aliphatic carbocycles. The van der Waals surface area contributed by atoms with E-state index in [0.717, 1.165) is 25.7 Å². The summed E-state index contributed by atoms with van der Waals surface area (Å²) in [7, 11) is -6.73. The summed E-state index contributed by atoms with van der Waals surface area (Å²) in [4.78, 5) is 21.5. The summed E-state index contributed by atoms with van der Waals surface area (Å²) in [5, 5.41) is 10.6. The molecule has 4 N–H and O–H groups in total. The van der Waals surface area contributed by atoms with E-state index in [9.17, 15) is 31.7 Å². The molecule has 0 atom stereocenters. The SMILES string of the molecule is CP(C)(=O)c1cnc2c(N3CCC(F)(F)CC3)cc(-c3c(NS(=O)(=O)CCO)ccc(C(N)=O)c3N3CCC4(CC3)CC4)cc2c1. The third kappa shape index (κ3) is 6.59. The van der Waals surface area contributed by atoms with Crippen molar-refractivity contribution in [1.82, 2.24) is 4.98 Å². The van der Waals surface area contributed by atoms with Crippen molar-refractivity contribution >= 4 is 56.3 Å². The number of anilines is 3. The van der Waals surface area contributed by atoms with Gasteiger partial charge in [0.2, 0.25) is 10.0 Å². The summed E-state index contributed by atoms with van der Waals surface area (Å²) in [6.45, 7) is 4.12.